The van der Waals surface area contributed by atoms with Gasteiger partial charge < -0.3 is 23.7 Å². The standard InChI is InChI=1S/C14H27BO5/c1-9(2)6-10(17-4)7-19-13-12(18-5)11(8-16-3)20-14(13)15/h9-14H,6-8H2,1-5H3/t10-,11+,12?,13-,14+/m0/s1. The van der Waals surface area contributed by atoms with Gasteiger partial charge in [-0.1, -0.05) is 13.8 Å². The van der Waals surface area contributed by atoms with Crippen LogP contribution in [0.5, 0.6) is 0 Å². The van der Waals surface area contributed by atoms with E-state index in [1.807, 2.05) is 0 Å². The van der Waals surface area contributed by atoms with Crippen LogP contribution in [0.15, 0.2) is 0 Å². The largest absolute Gasteiger partial charge is 0.382 e. The molecule has 0 bridgehead atoms. The first-order chi connectivity index (χ1) is 9.53. The number of hydrogen-bond donors (Lipinski definition) is 0. The summed E-state index contributed by atoms with van der Waals surface area (Å²) in [6.07, 6.45) is 0.280. The van der Waals surface area contributed by atoms with Crippen LogP contribution < -0.4 is 0 Å². The van der Waals surface area contributed by atoms with Crippen LogP contribution in [0.3, 0.4) is 0 Å². The summed E-state index contributed by atoms with van der Waals surface area (Å²) in [7, 11) is 10.9. The van der Waals surface area contributed by atoms with Crippen LogP contribution in [-0.2, 0) is 23.7 Å². The van der Waals surface area contributed by atoms with E-state index in [1.54, 1.807) is 21.3 Å². The molecule has 20 heavy (non-hydrogen) atoms. The highest BCUT2D eigenvalue weighted by atomic mass is 16.6. The molecule has 1 heterocycles. The topological polar surface area (TPSA) is 46.2 Å². The first-order valence-electron chi connectivity index (χ1n) is 7.10. The van der Waals surface area contributed by atoms with E-state index in [2.05, 4.69) is 13.8 Å². The molecule has 0 N–H and O–H groups in total. The van der Waals surface area contributed by atoms with Crippen molar-refractivity contribution in [2.45, 2.75) is 50.7 Å². The lowest BCUT2D eigenvalue weighted by Crippen LogP contribution is -2.40. The monoisotopic (exact) mass is 286 g/mol. The molecule has 0 saturated carbocycles. The van der Waals surface area contributed by atoms with E-state index < -0.39 is 6.00 Å². The molecule has 116 valence electrons. The van der Waals surface area contributed by atoms with E-state index in [0.717, 1.165) is 6.42 Å². The third-order valence-corrected chi connectivity index (χ3v) is 3.49. The molecule has 5 nitrogen and oxygen atoms in total. The number of methoxy groups -OCH3 is 3. The minimum Gasteiger partial charge on any atom is -0.382 e. The van der Waals surface area contributed by atoms with E-state index in [1.165, 1.54) is 0 Å². The molecule has 6 heteroatoms. The van der Waals surface area contributed by atoms with Gasteiger partial charge in [-0.05, 0) is 12.3 Å². The molecule has 1 fully saturated rings. The Hall–Kier alpha value is -0.135. The van der Waals surface area contributed by atoms with Gasteiger partial charge >= 0.3 is 0 Å². The molecule has 0 amide bonds. The summed E-state index contributed by atoms with van der Waals surface area (Å²) in [5.74, 6) is 0.552. The van der Waals surface area contributed by atoms with Gasteiger partial charge in [-0.2, -0.15) is 0 Å². The lowest BCUT2D eigenvalue weighted by molar-refractivity contribution is -0.0818. The van der Waals surface area contributed by atoms with Crippen molar-refractivity contribution in [1.82, 2.24) is 0 Å². The van der Waals surface area contributed by atoms with E-state index in [4.69, 9.17) is 31.5 Å². The SMILES string of the molecule is [B][C@@H]1O[C@H](COC)C(OC)[C@@H]1OC[C@H](CC(C)C)OC. The second-order valence-corrected chi connectivity index (χ2v) is 5.58. The molecule has 1 unspecified atom stereocenters. The van der Waals surface area contributed by atoms with Crippen LogP contribution in [0.25, 0.3) is 0 Å². The third-order valence-electron chi connectivity index (χ3n) is 3.49. The Bertz CT molecular complexity index is 264. The molecular formula is C14H27BO5. The van der Waals surface area contributed by atoms with Crippen LogP contribution >= 0.6 is 0 Å². The van der Waals surface area contributed by atoms with Gasteiger partial charge in [-0.25, -0.2) is 0 Å². The second-order valence-electron chi connectivity index (χ2n) is 5.58. The molecule has 1 rings (SSSR count). The van der Waals surface area contributed by atoms with Crippen LogP contribution in [0, 0.1) is 5.92 Å². The maximum Gasteiger partial charge on any atom is 0.113 e. The zero-order valence-electron chi connectivity index (χ0n) is 13.2. The van der Waals surface area contributed by atoms with Crippen molar-refractivity contribution in [3.63, 3.8) is 0 Å². The van der Waals surface area contributed by atoms with Gasteiger partial charge in [0.2, 0.25) is 0 Å². The van der Waals surface area contributed by atoms with Crippen molar-refractivity contribution < 1.29 is 23.7 Å². The van der Waals surface area contributed by atoms with Crippen LogP contribution in [-0.4, -0.2) is 72.8 Å². The molecule has 1 aliphatic rings. The Morgan fingerprint density at radius 2 is 1.85 bits per heavy atom. The van der Waals surface area contributed by atoms with Gasteiger partial charge in [0.25, 0.3) is 0 Å². The van der Waals surface area contributed by atoms with E-state index in [-0.39, 0.29) is 24.4 Å². The average Bonchev–Trinajstić information content (AvgIpc) is 2.70. The maximum absolute atomic E-state index is 5.97. The van der Waals surface area contributed by atoms with Gasteiger partial charge in [0.1, 0.15) is 26.2 Å². The van der Waals surface area contributed by atoms with Crippen LogP contribution in [0.2, 0.25) is 0 Å². The first kappa shape index (κ1) is 17.9. The van der Waals surface area contributed by atoms with Crippen LogP contribution in [0.1, 0.15) is 20.3 Å². The van der Waals surface area contributed by atoms with Crippen molar-refractivity contribution in [3.8, 4) is 0 Å². The fraction of sp³-hybridized carbons (Fsp3) is 1.00. The fourth-order valence-corrected chi connectivity index (χ4v) is 2.51. The summed E-state index contributed by atoms with van der Waals surface area (Å²) < 4.78 is 27.5. The highest BCUT2D eigenvalue weighted by molar-refractivity contribution is 6.11. The highest BCUT2D eigenvalue weighted by Crippen LogP contribution is 2.25. The summed E-state index contributed by atoms with van der Waals surface area (Å²) in [6, 6.07) is -0.503. The number of ether oxygens (including phenoxy) is 5. The molecule has 0 aromatic heterocycles. The summed E-state index contributed by atoms with van der Waals surface area (Å²) in [5.41, 5.74) is 0. The molecule has 0 aliphatic carbocycles. The molecule has 1 saturated heterocycles. The van der Waals surface area contributed by atoms with Gasteiger partial charge in [0, 0.05) is 27.3 Å². The Morgan fingerprint density at radius 3 is 2.35 bits per heavy atom. The highest BCUT2D eigenvalue weighted by Gasteiger charge is 2.43. The van der Waals surface area contributed by atoms with Crippen molar-refractivity contribution in [1.29, 1.82) is 0 Å². The smallest absolute Gasteiger partial charge is 0.113 e. The van der Waals surface area contributed by atoms with E-state index in [9.17, 15) is 0 Å². The second kappa shape index (κ2) is 9.00. The summed E-state index contributed by atoms with van der Waals surface area (Å²) >= 11 is 0. The lowest BCUT2D eigenvalue weighted by atomic mass is 9.92. The predicted octanol–water partition coefficient (Wildman–Crippen LogP) is 0.987. The molecule has 2 radical (unpaired) electrons. The summed E-state index contributed by atoms with van der Waals surface area (Å²) in [4.78, 5) is 0. The lowest BCUT2D eigenvalue weighted by Gasteiger charge is -2.25. The van der Waals surface area contributed by atoms with Crippen molar-refractivity contribution in [2.24, 2.45) is 5.92 Å². The third kappa shape index (κ3) is 5.00. The number of rotatable bonds is 9. The molecule has 0 spiro atoms. The van der Waals surface area contributed by atoms with Gasteiger partial charge in [0.15, 0.2) is 0 Å². The zero-order chi connectivity index (χ0) is 15.1. The Kier molecular flexibility index (Phi) is 8.06. The normalized spacial score (nSPS) is 31.9. The van der Waals surface area contributed by atoms with Gasteiger partial charge in [-0.15, -0.1) is 0 Å². The predicted molar refractivity (Wildman–Crippen MR) is 77.1 cm³/mol. The van der Waals surface area contributed by atoms with Crippen molar-refractivity contribution in [3.05, 3.63) is 0 Å². The van der Waals surface area contributed by atoms with Crippen molar-refractivity contribution in [2.75, 3.05) is 34.5 Å². The molecule has 0 aromatic carbocycles. The molecular weight excluding hydrogens is 259 g/mol. The number of hydrogen-bond acceptors (Lipinski definition) is 5. The summed E-state index contributed by atoms with van der Waals surface area (Å²) in [6.45, 7) is 5.23. The minimum atomic E-state index is -0.503. The van der Waals surface area contributed by atoms with Gasteiger partial charge in [0.05, 0.1) is 19.3 Å². The Morgan fingerprint density at radius 1 is 1.15 bits per heavy atom. The molecule has 5 atom stereocenters. The first-order valence-corrected chi connectivity index (χ1v) is 7.10. The minimum absolute atomic E-state index is 0.0566. The fourth-order valence-electron chi connectivity index (χ4n) is 2.51. The average molecular weight is 286 g/mol. The summed E-state index contributed by atoms with van der Waals surface area (Å²) in [5, 5.41) is 0. The molecule has 1 aliphatic heterocycles. The van der Waals surface area contributed by atoms with Gasteiger partial charge in [-0.3, -0.25) is 0 Å². The van der Waals surface area contributed by atoms with E-state index >= 15 is 0 Å². The Balaban J connectivity index is 2.51. The zero-order valence-corrected chi connectivity index (χ0v) is 13.2. The van der Waals surface area contributed by atoms with E-state index in [0.29, 0.717) is 19.1 Å². The molecule has 0 aromatic rings. The quantitative estimate of drug-likeness (QED) is 0.591. The van der Waals surface area contributed by atoms with Crippen molar-refractivity contribution >= 4 is 7.85 Å². The maximum atomic E-state index is 5.97. The van der Waals surface area contributed by atoms with Crippen LogP contribution in [0.4, 0.5) is 0 Å². The Labute approximate surface area is 123 Å².